The van der Waals surface area contributed by atoms with Gasteiger partial charge in [-0.15, -0.1) is 0 Å². The molecule has 9 rings (SSSR count). The first-order chi connectivity index (χ1) is 29.5. The molecule has 5 heteroatoms. The molecule has 0 bridgehead atoms. The van der Waals surface area contributed by atoms with Gasteiger partial charge in [0.15, 0.2) is 0 Å². The van der Waals surface area contributed by atoms with E-state index in [1.54, 1.807) is 0 Å². The SMILES string of the molecule is CCc1cccc(CC)c1NC1c2cccc3cccc(c23)C1Nc1c(C(c2ccccc2)c2ccccc2)cc(C)cc1C(c1ccccc1)c1ccccc1.[Br][Ni][Br]. The van der Waals surface area contributed by atoms with Crippen molar-refractivity contribution in [1.29, 1.82) is 0 Å². The summed E-state index contributed by atoms with van der Waals surface area (Å²) in [7, 11) is 1.25. The van der Waals surface area contributed by atoms with Gasteiger partial charge in [-0.3, -0.25) is 0 Å². The molecule has 8 aromatic rings. The average Bonchev–Trinajstić information content (AvgIpc) is 3.59. The second-order valence-electron chi connectivity index (χ2n) is 15.6. The molecule has 0 aromatic heterocycles. The second-order valence-corrected chi connectivity index (χ2v) is 20.6. The van der Waals surface area contributed by atoms with Crippen molar-refractivity contribution in [3.05, 3.63) is 249 Å². The minimum atomic E-state index is -0.0553. The summed E-state index contributed by atoms with van der Waals surface area (Å²) in [5.41, 5.74) is 16.7. The van der Waals surface area contributed by atoms with Crippen LogP contribution < -0.4 is 10.6 Å². The fourth-order valence-corrected chi connectivity index (χ4v) is 9.49. The Morgan fingerprint density at radius 2 is 0.817 bits per heavy atom. The van der Waals surface area contributed by atoms with E-state index in [9.17, 15) is 0 Å². The summed E-state index contributed by atoms with van der Waals surface area (Å²) >= 11 is 6.00. The van der Waals surface area contributed by atoms with Gasteiger partial charge in [-0.05, 0) is 86.2 Å². The van der Waals surface area contributed by atoms with Crippen molar-refractivity contribution in [2.75, 3.05) is 10.6 Å². The van der Waals surface area contributed by atoms with E-state index in [2.05, 4.69) is 248 Å². The number of nitrogens with one attached hydrogen (secondary N) is 2. The summed E-state index contributed by atoms with van der Waals surface area (Å²) in [4.78, 5) is 0. The molecule has 0 saturated carbocycles. The van der Waals surface area contributed by atoms with Gasteiger partial charge >= 0.3 is 39.3 Å². The van der Waals surface area contributed by atoms with Gasteiger partial charge in [0.25, 0.3) is 0 Å². The minimum absolute atomic E-state index is 0.000706. The van der Waals surface area contributed by atoms with E-state index in [0.717, 1.165) is 12.8 Å². The first kappa shape index (κ1) is 41.8. The summed E-state index contributed by atoms with van der Waals surface area (Å²) in [6, 6.07) is 69.6. The van der Waals surface area contributed by atoms with Crippen molar-refractivity contribution >= 4 is 50.6 Å². The van der Waals surface area contributed by atoms with Crippen molar-refractivity contribution in [3.8, 4) is 0 Å². The normalized spacial score (nSPS) is 14.3. The molecule has 0 radical (unpaired) electrons. The molecular formula is C55H50Br2N2Ni. The molecule has 60 heavy (non-hydrogen) atoms. The zero-order valence-electron chi connectivity index (χ0n) is 34.2. The Morgan fingerprint density at radius 3 is 1.18 bits per heavy atom. The number of hydrogen-bond donors (Lipinski definition) is 2. The van der Waals surface area contributed by atoms with E-state index < -0.39 is 0 Å². The Kier molecular flexibility index (Phi) is 13.7. The number of anilines is 2. The molecule has 8 aromatic carbocycles. The number of aryl methyl sites for hydroxylation is 3. The number of hydrogen-bond acceptors (Lipinski definition) is 2. The fourth-order valence-electron chi connectivity index (χ4n) is 9.49. The number of rotatable bonds is 12. The topological polar surface area (TPSA) is 24.1 Å². The molecule has 2 atom stereocenters. The third-order valence-corrected chi connectivity index (χ3v) is 12.1. The Labute approximate surface area is 376 Å². The molecular weight excluding hydrogens is 907 g/mol. The van der Waals surface area contributed by atoms with Gasteiger partial charge in [0.2, 0.25) is 0 Å². The van der Waals surface area contributed by atoms with Crippen LogP contribution in [0.25, 0.3) is 10.8 Å². The fraction of sp³-hybridized carbons (Fsp3) is 0.164. The van der Waals surface area contributed by atoms with Crippen LogP contribution in [-0.2, 0) is 23.7 Å². The summed E-state index contributed by atoms with van der Waals surface area (Å²) in [5.74, 6) is -0.00141. The molecule has 1 aliphatic carbocycles. The molecule has 0 amide bonds. The van der Waals surface area contributed by atoms with Crippen molar-refractivity contribution in [1.82, 2.24) is 0 Å². The summed E-state index contributed by atoms with van der Waals surface area (Å²) in [6.45, 7) is 6.80. The Bertz CT molecular complexity index is 2440. The zero-order valence-corrected chi connectivity index (χ0v) is 38.4. The Balaban J connectivity index is 0.00000162. The molecule has 0 saturated heterocycles. The van der Waals surface area contributed by atoms with Crippen LogP contribution in [0.2, 0.25) is 0 Å². The number of para-hydroxylation sites is 1. The molecule has 2 unspecified atom stereocenters. The van der Waals surface area contributed by atoms with Gasteiger partial charge in [0.1, 0.15) is 0 Å². The van der Waals surface area contributed by atoms with Crippen LogP contribution in [0.5, 0.6) is 0 Å². The van der Waals surface area contributed by atoms with Crippen LogP contribution in [0.3, 0.4) is 0 Å². The number of benzene rings is 8. The van der Waals surface area contributed by atoms with Crippen molar-refractivity contribution in [2.45, 2.75) is 57.5 Å². The van der Waals surface area contributed by atoms with Crippen molar-refractivity contribution in [3.63, 3.8) is 0 Å². The van der Waals surface area contributed by atoms with Crippen LogP contribution in [0.15, 0.2) is 188 Å². The predicted molar refractivity (Wildman–Crippen MR) is 259 cm³/mol. The molecule has 304 valence electrons. The van der Waals surface area contributed by atoms with Crippen LogP contribution >= 0.6 is 28.5 Å². The third-order valence-electron chi connectivity index (χ3n) is 12.1. The van der Waals surface area contributed by atoms with Crippen LogP contribution in [0.4, 0.5) is 11.4 Å². The van der Waals surface area contributed by atoms with Crippen LogP contribution in [0, 0.1) is 6.92 Å². The Morgan fingerprint density at radius 1 is 0.467 bits per heavy atom. The van der Waals surface area contributed by atoms with Gasteiger partial charge in [0.05, 0.1) is 12.1 Å². The summed E-state index contributed by atoms with van der Waals surface area (Å²) in [6.07, 6.45) is 1.94. The van der Waals surface area contributed by atoms with Gasteiger partial charge < -0.3 is 10.6 Å². The Hall–Kier alpha value is -4.93. The van der Waals surface area contributed by atoms with Gasteiger partial charge in [-0.25, -0.2) is 0 Å². The van der Waals surface area contributed by atoms with Crippen molar-refractivity contribution < 1.29 is 10.9 Å². The summed E-state index contributed by atoms with van der Waals surface area (Å²) in [5, 5.41) is 11.3. The van der Waals surface area contributed by atoms with Crippen LogP contribution in [0.1, 0.15) is 99.0 Å². The molecule has 0 aliphatic heterocycles. The molecule has 2 N–H and O–H groups in total. The van der Waals surface area contributed by atoms with E-state index in [1.807, 2.05) is 0 Å². The predicted octanol–water partition coefficient (Wildman–Crippen LogP) is 15.6. The van der Waals surface area contributed by atoms with Gasteiger partial charge in [0, 0.05) is 23.2 Å². The van der Waals surface area contributed by atoms with E-state index in [1.165, 1.54) is 94.2 Å². The first-order valence-electron chi connectivity index (χ1n) is 20.9. The van der Waals surface area contributed by atoms with E-state index >= 15 is 0 Å². The second kappa shape index (κ2) is 19.6. The molecule has 1 aliphatic rings. The zero-order chi connectivity index (χ0) is 41.4. The van der Waals surface area contributed by atoms with Crippen LogP contribution in [-0.4, -0.2) is 0 Å². The van der Waals surface area contributed by atoms with E-state index in [0.29, 0.717) is 0 Å². The molecule has 0 fully saturated rings. The number of halogens is 2. The monoisotopic (exact) mass is 954 g/mol. The quantitative estimate of drug-likeness (QED) is 0.0942. The molecule has 0 spiro atoms. The first-order valence-corrected chi connectivity index (χ1v) is 25.7. The van der Waals surface area contributed by atoms with Crippen molar-refractivity contribution in [2.24, 2.45) is 0 Å². The molecule has 2 nitrogen and oxygen atoms in total. The van der Waals surface area contributed by atoms with Gasteiger partial charge in [-0.2, -0.15) is 0 Å². The third kappa shape index (κ3) is 8.64. The summed E-state index contributed by atoms with van der Waals surface area (Å²) < 4.78 is 0. The molecule has 0 heterocycles. The standard InChI is InChI=1S/C55H50N2.2BrH.Ni/c1-4-38-29-18-30-39(5-2)52(38)56-54-45-33-19-31-44-32-20-34-46(51(44)45)55(54)57-53-47(49(40-21-10-6-11-22-40)41-23-12-7-13-24-41)35-37(3)36-48(53)50(42-25-14-8-15-26-42)43-27-16-9-17-28-43;;;/h6-36,49-50,54-57H,4-5H2,1-3H3;2*1H;/q;;;+2/p-2. The maximum absolute atomic E-state index is 4.43. The van der Waals surface area contributed by atoms with E-state index in [-0.39, 0.29) is 23.9 Å². The van der Waals surface area contributed by atoms with Gasteiger partial charge in [-0.1, -0.05) is 207 Å². The average molecular weight is 958 g/mol. The van der Waals surface area contributed by atoms with E-state index in [4.69, 9.17) is 0 Å². The maximum atomic E-state index is 4.43.